The van der Waals surface area contributed by atoms with E-state index in [1.807, 2.05) is 18.2 Å². The molecule has 0 atom stereocenters. The van der Waals surface area contributed by atoms with Gasteiger partial charge in [-0.25, -0.2) is 0 Å². The molecule has 0 aliphatic carbocycles. The molecule has 2 aromatic rings. The minimum absolute atomic E-state index is 0.236. The summed E-state index contributed by atoms with van der Waals surface area (Å²) in [7, 11) is 1.54. The number of amides is 3. The highest BCUT2D eigenvalue weighted by Crippen LogP contribution is 2.35. The zero-order valence-electron chi connectivity index (χ0n) is 18.5. The highest BCUT2D eigenvalue weighted by Gasteiger charge is 2.37. The molecule has 178 valence electrons. The lowest BCUT2D eigenvalue weighted by Gasteiger charge is -2.28. The van der Waals surface area contributed by atoms with Crippen molar-refractivity contribution in [2.24, 2.45) is 0 Å². The molecule has 0 bridgehead atoms. The van der Waals surface area contributed by atoms with Gasteiger partial charge in [0.2, 0.25) is 5.91 Å². The van der Waals surface area contributed by atoms with Gasteiger partial charge in [-0.05, 0) is 41.6 Å². The second kappa shape index (κ2) is 10.9. The van der Waals surface area contributed by atoms with E-state index in [4.69, 9.17) is 25.8 Å². The lowest BCUT2D eigenvalue weighted by molar-refractivity contribution is -0.139. The molecule has 0 aromatic heterocycles. The quantitative estimate of drug-likeness (QED) is 0.532. The van der Waals surface area contributed by atoms with Crippen LogP contribution in [0.1, 0.15) is 11.1 Å². The molecule has 3 amide bonds. The van der Waals surface area contributed by atoms with Gasteiger partial charge in [0.05, 0.1) is 25.2 Å². The van der Waals surface area contributed by atoms with Gasteiger partial charge in [0.25, 0.3) is 11.1 Å². The van der Waals surface area contributed by atoms with Gasteiger partial charge in [0, 0.05) is 23.7 Å². The van der Waals surface area contributed by atoms with Gasteiger partial charge in [-0.15, -0.1) is 0 Å². The number of nitrogens with zero attached hydrogens (tertiary/aromatic N) is 2. The number of imide groups is 1. The van der Waals surface area contributed by atoms with Crippen LogP contribution in [0, 0.1) is 0 Å². The van der Waals surface area contributed by atoms with Gasteiger partial charge in [0.15, 0.2) is 11.5 Å². The van der Waals surface area contributed by atoms with E-state index in [0.717, 1.165) is 22.2 Å². The molecular weight excluding hydrogens is 480 g/mol. The molecule has 2 fully saturated rings. The van der Waals surface area contributed by atoms with Crippen LogP contribution < -0.4 is 9.47 Å². The Morgan fingerprint density at radius 2 is 1.91 bits per heavy atom. The Morgan fingerprint density at radius 1 is 1.15 bits per heavy atom. The lowest BCUT2D eigenvalue weighted by Crippen LogP contribution is -2.46. The van der Waals surface area contributed by atoms with E-state index in [0.29, 0.717) is 48.4 Å². The Labute approximate surface area is 206 Å². The van der Waals surface area contributed by atoms with Crippen molar-refractivity contribution in [1.29, 1.82) is 0 Å². The standard InChI is InChI=1S/C24H23ClN2O6S/c1-31-19-7-6-16(12-20(19)33-15-17-4-2-3-5-18(17)25)13-21-23(29)27(24(30)34-21)14-22(28)26-8-10-32-11-9-26/h2-7,12-13H,8-11,14-15H2,1H3/b21-13-. The fraction of sp³-hybridized carbons (Fsp3) is 0.292. The Balaban J connectivity index is 1.48. The Hall–Kier alpha value is -3.01. The second-order valence-corrected chi connectivity index (χ2v) is 8.95. The van der Waals surface area contributed by atoms with Crippen LogP contribution >= 0.6 is 23.4 Å². The van der Waals surface area contributed by atoms with Gasteiger partial charge >= 0.3 is 0 Å². The maximum absolute atomic E-state index is 12.8. The third-order valence-electron chi connectivity index (χ3n) is 5.36. The number of carbonyl (C=O) groups excluding carboxylic acids is 3. The van der Waals surface area contributed by atoms with Crippen LogP contribution in [0.25, 0.3) is 6.08 Å². The third-order valence-corrected chi connectivity index (χ3v) is 6.63. The number of rotatable bonds is 7. The van der Waals surface area contributed by atoms with E-state index < -0.39 is 11.1 Å². The molecule has 0 unspecified atom stereocenters. The average molecular weight is 503 g/mol. The first-order valence-electron chi connectivity index (χ1n) is 10.6. The summed E-state index contributed by atoms with van der Waals surface area (Å²) in [5.41, 5.74) is 1.47. The van der Waals surface area contributed by atoms with Crippen molar-refractivity contribution in [2.45, 2.75) is 6.61 Å². The summed E-state index contributed by atoms with van der Waals surface area (Å²) in [5.74, 6) is 0.226. The van der Waals surface area contributed by atoms with E-state index in [9.17, 15) is 14.4 Å². The fourth-order valence-corrected chi connectivity index (χ4v) is 4.53. The zero-order valence-corrected chi connectivity index (χ0v) is 20.1. The smallest absolute Gasteiger partial charge is 0.294 e. The normalized spacial score (nSPS) is 17.4. The molecule has 34 heavy (non-hydrogen) atoms. The predicted octanol–water partition coefficient (Wildman–Crippen LogP) is 3.82. The summed E-state index contributed by atoms with van der Waals surface area (Å²) in [6, 6.07) is 12.6. The molecule has 2 saturated heterocycles. The summed E-state index contributed by atoms with van der Waals surface area (Å²) in [5, 5.41) is 0.125. The van der Waals surface area contributed by atoms with Gasteiger partial charge in [-0.3, -0.25) is 19.3 Å². The number of halogens is 1. The number of methoxy groups -OCH3 is 1. The largest absolute Gasteiger partial charge is 0.493 e. The van der Waals surface area contributed by atoms with Gasteiger partial charge in [-0.2, -0.15) is 0 Å². The molecule has 8 nitrogen and oxygen atoms in total. The summed E-state index contributed by atoms with van der Waals surface area (Å²) >= 11 is 7.01. The zero-order chi connectivity index (χ0) is 24.1. The van der Waals surface area contributed by atoms with Crippen molar-refractivity contribution in [3.05, 3.63) is 63.5 Å². The van der Waals surface area contributed by atoms with E-state index in [1.165, 1.54) is 7.11 Å². The first-order valence-corrected chi connectivity index (χ1v) is 11.8. The molecule has 2 aromatic carbocycles. The van der Waals surface area contributed by atoms with Crippen molar-refractivity contribution < 1.29 is 28.6 Å². The summed E-state index contributed by atoms with van der Waals surface area (Å²) < 4.78 is 16.5. The first-order chi connectivity index (χ1) is 16.5. The van der Waals surface area contributed by atoms with Crippen molar-refractivity contribution in [3.63, 3.8) is 0 Å². The number of morpholine rings is 1. The van der Waals surface area contributed by atoms with Gasteiger partial charge < -0.3 is 19.1 Å². The summed E-state index contributed by atoms with van der Waals surface area (Å²) in [6.07, 6.45) is 1.60. The number of hydrogen-bond donors (Lipinski definition) is 0. The predicted molar refractivity (Wildman–Crippen MR) is 129 cm³/mol. The molecule has 0 spiro atoms. The SMILES string of the molecule is COc1ccc(/C=C2\SC(=O)N(CC(=O)N3CCOCC3)C2=O)cc1OCc1ccccc1Cl. The molecule has 2 aliphatic rings. The highest BCUT2D eigenvalue weighted by atomic mass is 35.5. The Bertz CT molecular complexity index is 1130. The van der Waals surface area contributed by atoms with Crippen molar-refractivity contribution in [2.75, 3.05) is 40.0 Å². The van der Waals surface area contributed by atoms with E-state index in [2.05, 4.69) is 0 Å². The minimum Gasteiger partial charge on any atom is -0.493 e. The van der Waals surface area contributed by atoms with Gasteiger partial charge in [0.1, 0.15) is 13.2 Å². The maximum atomic E-state index is 12.8. The van der Waals surface area contributed by atoms with Crippen LogP contribution in [0.3, 0.4) is 0 Å². The van der Waals surface area contributed by atoms with Crippen LogP contribution in [0.2, 0.25) is 5.02 Å². The van der Waals surface area contributed by atoms with Crippen molar-refractivity contribution in [1.82, 2.24) is 9.80 Å². The van der Waals surface area contributed by atoms with Crippen LogP contribution in [0.5, 0.6) is 11.5 Å². The van der Waals surface area contributed by atoms with E-state index in [1.54, 1.807) is 35.2 Å². The van der Waals surface area contributed by atoms with E-state index >= 15 is 0 Å². The lowest BCUT2D eigenvalue weighted by atomic mass is 10.1. The Kier molecular flexibility index (Phi) is 7.77. The van der Waals surface area contributed by atoms with Gasteiger partial charge in [-0.1, -0.05) is 35.9 Å². The van der Waals surface area contributed by atoms with Crippen molar-refractivity contribution in [3.8, 4) is 11.5 Å². The monoisotopic (exact) mass is 502 g/mol. The summed E-state index contributed by atoms with van der Waals surface area (Å²) in [4.78, 5) is 40.6. The number of thioether (sulfide) groups is 1. The topological polar surface area (TPSA) is 85.4 Å². The highest BCUT2D eigenvalue weighted by molar-refractivity contribution is 8.18. The number of carbonyl (C=O) groups is 3. The fourth-order valence-electron chi connectivity index (χ4n) is 3.50. The maximum Gasteiger partial charge on any atom is 0.294 e. The molecule has 10 heteroatoms. The number of benzene rings is 2. The Morgan fingerprint density at radius 3 is 2.65 bits per heavy atom. The number of hydrogen-bond acceptors (Lipinski definition) is 7. The van der Waals surface area contributed by atoms with Crippen LogP contribution in [0.15, 0.2) is 47.4 Å². The molecule has 2 heterocycles. The number of ether oxygens (including phenoxy) is 3. The van der Waals surface area contributed by atoms with Crippen LogP contribution in [-0.4, -0.2) is 66.8 Å². The molecule has 2 aliphatic heterocycles. The van der Waals surface area contributed by atoms with Crippen LogP contribution in [0.4, 0.5) is 4.79 Å². The summed E-state index contributed by atoms with van der Waals surface area (Å²) in [6.45, 7) is 1.76. The molecular formula is C24H23ClN2O6S. The first kappa shape index (κ1) is 24.1. The average Bonchev–Trinajstić information content (AvgIpc) is 3.11. The van der Waals surface area contributed by atoms with Crippen LogP contribution in [-0.2, 0) is 20.9 Å². The molecule has 4 rings (SSSR count). The minimum atomic E-state index is -0.494. The molecule has 0 N–H and O–H groups in total. The van der Waals surface area contributed by atoms with E-state index in [-0.39, 0.29) is 24.0 Å². The second-order valence-electron chi connectivity index (χ2n) is 7.55. The third kappa shape index (κ3) is 5.55. The molecule has 0 radical (unpaired) electrons. The molecule has 0 saturated carbocycles. The van der Waals surface area contributed by atoms with Crippen molar-refractivity contribution >= 4 is 46.5 Å².